The molecular formula is C14H28BNO2. The van der Waals surface area contributed by atoms with E-state index >= 15 is 0 Å². The Hall–Kier alpha value is -0.0551. The van der Waals surface area contributed by atoms with Crippen molar-refractivity contribution in [2.24, 2.45) is 5.92 Å². The summed E-state index contributed by atoms with van der Waals surface area (Å²) in [7, 11) is -0.00305. The first-order valence-corrected chi connectivity index (χ1v) is 7.47. The lowest BCUT2D eigenvalue weighted by Gasteiger charge is -2.32. The van der Waals surface area contributed by atoms with Gasteiger partial charge in [-0.3, -0.25) is 0 Å². The third kappa shape index (κ3) is 3.28. The molecule has 0 saturated carbocycles. The van der Waals surface area contributed by atoms with Gasteiger partial charge in [-0.15, -0.1) is 0 Å². The van der Waals surface area contributed by atoms with Gasteiger partial charge in [-0.1, -0.05) is 12.8 Å². The van der Waals surface area contributed by atoms with Gasteiger partial charge in [0.25, 0.3) is 0 Å². The molecule has 0 aromatic rings. The highest BCUT2D eigenvalue weighted by Gasteiger charge is 2.50. The summed E-state index contributed by atoms with van der Waals surface area (Å²) in [6, 6.07) is 0. The minimum Gasteiger partial charge on any atom is -0.403 e. The zero-order valence-electron chi connectivity index (χ0n) is 12.4. The van der Waals surface area contributed by atoms with Crippen LogP contribution in [0.4, 0.5) is 0 Å². The molecule has 0 bridgehead atoms. The fourth-order valence-electron chi connectivity index (χ4n) is 2.79. The minimum atomic E-state index is -0.174. The third-order valence-corrected chi connectivity index (χ3v) is 4.77. The van der Waals surface area contributed by atoms with Gasteiger partial charge in [0, 0.05) is 0 Å². The van der Waals surface area contributed by atoms with Crippen molar-refractivity contribution in [3.05, 3.63) is 0 Å². The van der Waals surface area contributed by atoms with Gasteiger partial charge in [-0.05, 0) is 65.9 Å². The average Bonchev–Trinajstić information content (AvgIpc) is 2.81. The van der Waals surface area contributed by atoms with Crippen molar-refractivity contribution in [1.29, 1.82) is 0 Å². The number of hydrogen-bond donors (Lipinski definition) is 1. The normalized spacial score (nSPS) is 30.0. The molecule has 2 aliphatic rings. The molecule has 2 saturated heterocycles. The maximum absolute atomic E-state index is 6.00. The lowest BCUT2D eigenvalue weighted by molar-refractivity contribution is 0.00578. The van der Waals surface area contributed by atoms with Gasteiger partial charge in [0.1, 0.15) is 0 Å². The van der Waals surface area contributed by atoms with Crippen LogP contribution < -0.4 is 5.32 Å². The van der Waals surface area contributed by atoms with E-state index in [9.17, 15) is 0 Å². The summed E-state index contributed by atoms with van der Waals surface area (Å²) in [6.07, 6.45) is 6.26. The van der Waals surface area contributed by atoms with Gasteiger partial charge in [0.15, 0.2) is 0 Å². The molecule has 0 unspecified atom stereocenters. The first-order chi connectivity index (χ1) is 8.41. The predicted octanol–water partition coefficient (Wildman–Crippen LogP) is 2.86. The van der Waals surface area contributed by atoms with Crippen LogP contribution in [0.2, 0.25) is 6.32 Å². The van der Waals surface area contributed by atoms with Gasteiger partial charge >= 0.3 is 7.12 Å². The molecule has 1 atom stereocenters. The second-order valence-corrected chi connectivity index (χ2v) is 6.83. The van der Waals surface area contributed by atoms with E-state index in [1.807, 2.05) is 0 Å². The van der Waals surface area contributed by atoms with Crippen molar-refractivity contribution in [3.8, 4) is 0 Å². The highest BCUT2D eigenvalue weighted by molar-refractivity contribution is 6.45. The largest absolute Gasteiger partial charge is 0.457 e. The standard InChI is InChI=1S/C14H28BNO2/c1-13(2)14(3,4)18-15(17-13)9-6-5-7-12-8-10-16-11-12/h12,16H,5-11H2,1-4H3/t12-/m1/s1. The smallest absolute Gasteiger partial charge is 0.403 e. The van der Waals surface area contributed by atoms with Crippen LogP contribution in [0.15, 0.2) is 0 Å². The van der Waals surface area contributed by atoms with Crippen LogP contribution >= 0.6 is 0 Å². The number of unbranched alkanes of at least 4 members (excludes halogenated alkanes) is 1. The fraction of sp³-hybridized carbons (Fsp3) is 1.00. The number of hydrogen-bond acceptors (Lipinski definition) is 3. The SMILES string of the molecule is CC1(C)OB(CCCC[C@@H]2CCNC2)OC1(C)C. The highest BCUT2D eigenvalue weighted by atomic mass is 16.7. The van der Waals surface area contributed by atoms with E-state index in [0.717, 1.165) is 12.2 Å². The number of nitrogens with one attached hydrogen (secondary N) is 1. The molecule has 0 amide bonds. The number of rotatable bonds is 5. The monoisotopic (exact) mass is 253 g/mol. The maximum Gasteiger partial charge on any atom is 0.457 e. The zero-order valence-corrected chi connectivity index (χ0v) is 12.4. The predicted molar refractivity (Wildman–Crippen MR) is 75.7 cm³/mol. The molecule has 0 radical (unpaired) electrons. The van der Waals surface area contributed by atoms with Crippen LogP contribution in [0, 0.1) is 5.92 Å². The van der Waals surface area contributed by atoms with Crippen molar-refractivity contribution in [2.45, 2.75) is 70.9 Å². The summed E-state index contributed by atoms with van der Waals surface area (Å²) in [6.45, 7) is 10.9. The first kappa shape index (κ1) is 14.4. The molecule has 2 heterocycles. The molecule has 0 aromatic carbocycles. The molecule has 1 N–H and O–H groups in total. The van der Waals surface area contributed by atoms with Gasteiger partial charge in [-0.2, -0.15) is 0 Å². The van der Waals surface area contributed by atoms with Gasteiger partial charge in [0.2, 0.25) is 0 Å². The molecule has 2 fully saturated rings. The van der Waals surface area contributed by atoms with Crippen LogP contribution in [0.1, 0.15) is 53.4 Å². The molecule has 0 aliphatic carbocycles. The lowest BCUT2D eigenvalue weighted by Crippen LogP contribution is -2.41. The van der Waals surface area contributed by atoms with E-state index in [4.69, 9.17) is 9.31 Å². The Bertz CT molecular complexity index is 259. The molecule has 2 aliphatic heterocycles. The van der Waals surface area contributed by atoms with E-state index in [1.165, 1.54) is 38.8 Å². The summed E-state index contributed by atoms with van der Waals surface area (Å²) in [5.74, 6) is 0.906. The van der Waals surface area contributed by atoms with Crippen LogP contribution in [0.5, 0.6) is 0 Å². The molecule has 2 rings (SSSR count). The van der Waals surface area contributed by atoms with Crippen molar-refractivity contribution >= 4 is 7.12 Å². The Kier molecular flexibility index (Phi) is 4.40. The molecule has 18 heavy (non-hydrogen) atoms. The summed E-state index contributed by atoms with van der Waals surface area (Å²) < 4.78 is 12.0. The molecule has 3 nitrogen and oxygen atoms in total. The quantitative estimate of drug-likeness (QED) is 0.603. The first-order valence-electron chi connectivity index (χ1n) is 7.47. The van der Waals surface area contributed by atoms with Crippen LogP contribution in [-0.2, 0) is 9.31 Å². The molecule has 4 heteroatoms. The minimum absolute atomic E-state index is 0.00305. The maximum atomic E-state index is 6.00. The molecule has 104 valence electrons. The summed E-state index contributed by atoms with van der Waals surface area (Å²) in [5.41, 5.74) is -0.347. The van der Waals surface area contributed by atoms with E-state index < -0.39 is 0 Å². The van der Waals surface area contributed by atoms with Crippen LogP contribution in [-0.4, -0.2) is 31.4 Å². The summed E-state index contributed by atoms with van der Waals surface area (Å²) in [5, 5.41) is 3.43. The lowest BCUT2D eigenvalue weighted by atomic mass is 9.81. The summed E-state index contributed by atoms with van der Waals surface area (Å²) >= 11 is 0. The Labute approximate surface area is 112 Å². The van der Waals surface area contributed by atoms with Crippen molar-refractivity contribution < 1.29 is 9.31 Å². The van der Waals surface area contributed by atoms with Gasteiger partial charge in [-0.25, -0.2) is 0 Å². The molecular weight excluding hydrogens is 225 g/mol. The van der Waals surface area contributed by atoms with Gasteiger partial charge in [0.05, 0.1) is 11.2 Å². The van der Waals surface area contributed by atoms with E-state index in [0.29, 0.717) is 0 Å². The Balaban J connectivity index is 1.63. The Morgan fingerprint density at radius 1 is 1.11 bits per heavy atom. The Morgan fingerprint density at radius 2 is 1.78 bits per heavy atom. The van der Waals surface area contributed by atoms with E-state index in [-0.39, 0.29) is 18.3 Å². The van der Waals surface area contributed by atoms with Crippen molar-refractivity contribution in [2.75, 3.05) is 13.1 Å². The van der Waals surface area contributed by atoms with E-state index in [2.05, 4.69) is 33.0 Å². The topological polar surface area (TPSA) is 30.5 Å². The zero-order chi connectivity index (χ0) is 13.2. The van der Waals surface area contributed by atoms with Crippen LogP contribution in [0.25, 0.3) is 0 Å². The Morgan fingerprint density at radius 3 is 2.33 bits per heavy atom. The fourth-order valence-corrected chi connectivity index (χ4v) is 2.79. The summed E-state index contributed by atoms with van der Waals surface area (Å²) in [4.78, 5) is 0. The average molecular weight is 253 g/mol. The molecule has 0 spiro atoms. The second kappa shape index (κ2) is 5.52. The van der Waals surface area contributed by atoms with E-state index in [1.54, 1.807) is 0 Å². The highest BCUT2D eigenvalue weighted by Crippen LogP contribution is 2.38. The molecule has 0 aromatic heterocycles. The third-order valence-electron chi connectivity index (χ3n) is 4.77. The second-order valence-electron chi connectivity index (χ2n) is 6.83. The van der Waals surface area contributed by atoms with Crippen LogP contribution in [0.3, 0.4) is 0 Å². The van der Waals surface area contributed by atoms with Crippen molar-refractivity contribution in [3.63, 3.8) is 0 Å². The van der Waals surface area contributed by atoms with Gasteiger partial charge < -0.3 is 14.6 Å². The van der Waals surface area contributed by atoms with Crippen molar-refractivity contribution in [1.82, 2.24) is 5.32 Å².